The molecule has 2 fully saturated rings. The third-order valence-electron chi connectivity index (χ3n) is 6.62. The van der Waals surface area contributed by atoms with Gasteiger partial charge in [-0.3, -0.25) is 9.59 Å². The van der Waals surface area contributed by atoms with Gasteiger partial charge < -0.3 is 24.2 Å². The first-order valence-corrected chi connectivity index (χ1v) is 10.9. The highest BCUT2D eigenvalue weighted by atomic mass is 16.5. The predicted molar refractivity (Wildman–Crippen MR) is 116 cm³/mol. The van der Waals surface area contributed by atoms with Crippen LogP contribution in [0.3, 0.4) is 0 Å². The van der Waals surface area contributed by atoms with Crippen molar-refractivity contribution in [3.63, 3.8) is 0 Å². The Bertz CT molecular complexity index is 1020. The lowest BCUT2D eigenvalue weighted by Gasteiger charge is -2.26. The van der Waals surface area contributed by atoms with Crippen LogP contribution in [0.4, 0.5) is 0 Å². The van der Waals surface area contributed by atoms with E-state index in [0.29, 0.717) is 48.3 Å². The quantitative estimate of drug-likeness (QED) is 0.732. The lowest BCUT2D eigenvalue weighted by molar-refractivity contribution is -0.133. The van der Waals surface area contributed by atoms with Crippen LogP contribution in [-0.2, 0) is 10.2 Å². The van der Waals surface area contributed by atoms with Gasteiger partial charge in [0.05, 0.1) is 25.2 Å². The van der Waals surface area contributed by atoms with Gasteiger partial charge in [0.15, 0.2) is 17.3 Å². The summed E-state index contributed by atoms with van der Waals surface area (Å²) in [6.45, 7) is 6.74. The van der Waals surface area contributed by atoms with Gasteiger partial charge in [0, 0.05) is 25.0 Å². The summed E-state index contributed by atoms with van der Waals surface area (Å²) in [6, 6.07) is 5.14. The Labute approximate surface area is 187 Å². The molecule has 4 rings (SSSR count). The zero-order valence-electron chi connectivity index (χ0n) is 19.2. The molecular formula is C23H30N4O5. The van der Waals surface area contributed by atoms with Crippen molar-refractivity contribution < 1.29 is 23.6 Å². The Hall–Kier alpha value is -3.10. The highest BCUT2D eigenvalue weighted by molar-refractivity contribution is 5.98. The van der Waals surface area contributed by atoms with Gasteiger partial charge in [-0.05, 0) is 37.8 Å². The van der Waals surface area contributed by atoms with Crippen molar-refractivity contribution >= 4 is 11.8 Å². The number of methoxy groups -OCH3 is 2. The molecule has 2 heterocycles. The van der Waals surface area contributed by atoms with Gasteiger partial charge in [-0.2, -0.15) is 4.98 Å². The molecule has 9 heteroatoms. The maximum Gasteiger partial charge on any atom is 0.255 e. The maximum absolute atomic E-state index is 13.1. The second-order valence-corrected chi connectivity index (χ2v) is 9.02. The van der Waals surface area contributed by atoms with Crippen LogP contribution in [0, 0.1) is 18.8 Å². The molecule has 9 nitrogen and oxygen atoms in total. The molecule has 1 aliphatic carbocycles. The summed E-state index contributed by atoms with van der Waals surface area (Å²) in [5.74, 6) is 1.97. The number of hydrogen-bond acceptors (Lipinski definition) is 7. The average Bonchev–Trinajstić information content (AvgIpc) is 3.44. The van der Waals surface area contributed by atoms with Crippen molar-refractivity contribution in [2.24, 2.45) is 11.8 Å². The highest BCUT2D eigenvalue weighted by Gasteiger charge is 2.58. The standard InChI is InChI=1S/C23H30N4O5/c1-13(2)21(29)27-11-15-9-16(10-23(15,12-27)22-24-14(3)26-32-22)25-20(28)17-7-6-8-18(30-4)19(17)31-5/h6-8,13,15-16H,9-12H2,1-5H3,(H,25,28). The first kappa shape index (κ1) is 22.1. The third kappa shape index (κ3) is 3.69. The predicted octanol–water partition coefficient (Wildman–Crippen LogP) is 2.34. The summed E-state index contributed by atoms with van der Waals surface area (Å²) in [4.78, 5) is 32.2. The number of nitrogens with zero attached hydrogens (tertiary/aromatic N) is 3. The molecule has 172 valence electrons. The smallest absolute Gasteiger partial charge is 0.255 e. The van der Waals surface area contributed by atoms with Gasteiger partial charge in [0.2, 0.25) is 11.8 Å². The fraction of sp³-hybridized carbons (Fsp3) is 0.565. The van der Waals surface area contributed by atoms with E-state index in [4.69, 9.17) is 14.0 Å². The molecule has 1 saturated carbocycles. The van der Waals surface area contributed by atoms with Gasteiger partial charge in [0.25, 0.3) is 5.91 Å². The number of carbonyl (C=O) groups is 2. The van der Waals surface area contributed by atoms with Crippen molar-refractivity contribution in [2.45, 2.75) is 45.1 Å². The van der Waals surface area contributed by atoms with Crippen molar-refractivity contribution in [3.8, 4) is 11.5 Å². The van der Waals surface area contributed by atoms with E-state index >= 15 is 0 Å². The molecule has 1 aliphatic heterocycles. The lowest BCUT2D eigenvalue weighted by atomic mass is 9.80. The molecule has 1 aromatic carbocycles. The number of aromatic nitrogens is 2. The number of fused-ring (bicyclic) bond motifs is 1. The second-order valence-electron chi connectivity index (χ2n) is 9.02. The van der Waals surface area contributed by atoms with Crippen molar-refractivity contribution in [1.82, 2.24) is 20.4 Å². The molecule has 0 bridgehead atoms. The van der Waals surface area contributed by atoms with Gasteiger partial charge in [0.1, 0.15) is 0 Å². The summed E-state index contributed by atoms with van der Waals surface area (Å²) in [7, 11) is 3.06. The van der Waals surface area contributed by atoms with E-state index in [1.807, 2.05) is 18.7 Å². The van der Waals surface area contributed by atoms with Crippen LogP contribution >= 0.6 is 0 Å². The van der Waals surface area contributed by atoms with Crippen LogP contribution in [0.1, 0.15) is 48.8 Å². The van der Waals surface area contributed by atoms with Crippen molar-refractivity contribution in [1.29, 1.82) is 0 Å². The number of hydrogen-bond donors (Lipinski definition) is 1. The molecule has 1 saturated heterocycles. The Morgan fingerprint density at radius 2 is 2.06 bits per heavy atom. The van der Waals surface area contributed by atoms with E-state index in [2.05, 4.69) is 15.5 Å². The summed E-state index contributed by atoms with van der Waals surface area (Å²) in [6.07, 6.45) is 1.35. The molecule has 32 heavy (non-hydrogen) atoms. The van der Waals surface area contributed by atoms with Crippen molar-refractivity contribution in [2.75, 3.05) is 27.3 Å². The van der Waals surface area contributed by atoms with E-state index < -0.39 is 5.41 Å². The number of amides is 2. The minimum atomic E-state index is -0.456. The maximum atomic E-state index is 13.1. The zero-order valence-corrected chi connectivity index (χ0v) is 19.2. The summed E-state index contributed by atoms with van der Waals surface area (Å²) < 4.78 is 16.3. The minimum absolute atomic E-state index is 0.0775. The fourth-order valence-corrected chi connectivity index (χ4v) is 5.17. The number of rotatable bonds is 6. The molecule has 2 aliphatic rings. The normalized spacial score (nSPS) is 24.5. The molecule has 1 aromatic heterocycles. The minimum Gasteiger partial charge on any atom is -0.493 e. The molecule has 3 unspecified atom stereocenters. The fourth-order valence-electron chi connectivity index (χ4n) is 5.17. The average molecular weight is 443 g/mol. The Morgan fingerprint density at radius 3 is 2.69 bits per heavy atom. The Balaban J connectivity index is 1.57. The number of likely N-dealkylation sites (tertiary alicyclic amines) is 1. The first-order chi connectivity index (χ1) is 15.3. The van der Waals surface area contributed by atoms with Crippen LogP contribution in [0.5, 0.6) is 11.5 Å². The Morgan fingerprint density at radius 1 is 1.28 bits per heavy atom. The van der Waals surface area contributed by atoms with Crippen LogP contribution in [-0.4, -0.2) is 60.2 Å². The largest absolute Gasteiger partial charge is 0.493 e. The van der Waals surface area contributed by atoms with E-state index in [1.165, 1.54) is 14.2 Å². The number of aryl methyl sites for hydroxylation is 1. The van der Waals surface area contributed by atoms with Crippen LogP contribution < -0.4 is 14.8 Å². The summed E-state index contributed by atoms with van der Waals surface area (Å²) >= 11 is 0. The van der Waals surface area contributed by atoms with Crippen LogP contribution in [0.2, 0.25) is 0 Å². The molecule has 2 aromatic rings. The van der Waals surface area contributed by atoms with Gasteiger partial charge in [-0.1, -0.05) is 25.1 Å². The van der Waals surface area contributed by atoms with Crippen LogP contribution in [0.25, 0.3) is 0 Å². The van der Waals surface area contributed by atoms with Crippen molar-refractivity contribution in [3.05, 3.63) is 35.5 Å². The monoisotopic (exact) mass is 442 g/mol. The SMILES string of the molecule is COc1cccc(C(=O)NC2CC3CN(C(=O)C(C)C)CC3(c3nc(C)no3)C2)c1OC. The van der Waals surface area contributed by atoms with Gasteiger partial charge in [-0.25, -0.2) is 0 Å². The van der Waals surface area contributed by atoms with E-state index in [1.54, 1.807) is 25.1 Å². The number of nitrogens with one attached hydrogen (secondary N) is 1. The number of benzene rings is 1. The Kier molecular flexibility index (Phi) is 5.83. The third-order valence-corrected chi connectivity index (χ3v) is 6.62. The molecule has 2 amide bonds. The molecule has 0 radical (unpaired) electrons. The topological polar surface area (TPSA) is 107 Å². The molecular weight excluding hydrogens is 412 g/mol. The number of carbonyl (C=O) groups excluding carboxylic acids is 2. The molecule has 3 atom stereocenters. The van der Waals surface area contributed by atoms with Gasteiger partial charge >= 0.3 is 0 Å². The van der Waals surface area contributed by atoms with E-state index in [0.717, 1.165) is 6.42 Å². The molecule has 1 N–H and O–H groups in total. The van der Waals surface area contributed by atoms with Gasteiger partial charge in [-0.15, -0.1) is 0 Å². The summed E-state index contributed by atoms with van der Waals surface area (Å²) in [5.41, 5.74) is -0.0365. The van der Waals surface area contributed by atoms with E-state index in [-0.39, 0.29) is 29.7 Å². The molecule has 0 spiro atoms. The number of ether oxygens (including phenoxy) is 2. The van der Waals surface area contributed by atoms with Crippen LogP contribution in [0.15, 0.2) is 22.7 Å². The summed E-state index contributed by atoms with van der Waals surface area (Å²) in [5, 5.41) is 7.14. The number of para-hydroxylation sites is 1. The highest BCUT2D eigenvalue weighted by Crippen LogP contribution is 2.50. The first-order valence-electron chi connectivity index (χ1n) is 10.9. The zero-order chi connectivity index (χ0) is 23.0. The van der Waals surface area contributed by atoms with E-state index in [9.17, 15) is 9.59 Å². The second kappa shape index (κ2) is 8.44. The lowest BCUT2D eigenvalue weighted by Crippen LogP contribution is -2.40.